The van der Waals surface area contributed by atoms with E-state index in [-0.39, 0.29) is 12.1 Å². The van der Waals surface area contributed by atoms with Crippen molar-refractivity contribution < 1.29 is 19.2 Å². The van der Waals surface area contributed by atoms with Crippen LogP contribution in [-0.2, 0) is 14.4 Å². The van der Waals surface area contributed by atoms with Gasteiger partial charge in [-0.2, -0.15) is 21.1 Å². The Morgan fingerprint density at radius 3 is 2.27 bits per heavy atom. The lowest BCUT2D eigenvalue weighted by molar-refractivity contribution is -0.125. The first-order valence-corrected chi connectivity index (χ1v) is 10.5. The number of hydroxylamine groups is 3. The summed E-state index contributed by atoms with van der Waals surface area (Å²) in [5.41, 5.74) is 5.12. The molecule has 10 nitrogen and oxygen atoms in total. The number of pyridine rings is 2. The van der Waals surface area contributed by atoms with Gasteiger partial charge in [-0.1, -0.05) is 0 Å². The second kappa shape index (κ2) is 10.8. The fourth-order valence-electron chi connectivity index (χ4n) is 3.30. The van der Waals surface area contributed by atoms with Crippen LogP contribution in [0.25, 0.3) is 0 Å². The average molecular weight is 450 g/mol. The topological polar surface area (TPSA) is 133 Å². The van der Waals surface area contributed by atoms with Crippen LogP contribution in [0.3, 0.4) is 0 Å². The van der Waals surface area contributed by atoms with Gasteiger partial charge in [0.25, 0.3) is 0 Å². The Morgan fingerprint density at radius 2 is 1.70 bits per heavy atom. The summed E-state index contributed by atoms with van der Waals surface area (Å²) in [5, 5.41) is 18.8. The Labute approximate surface area is 192 Å². The summed E-state index contributed by atoms with van der Waals surface area (Å²) < 4.78 is 5.31. The first-order chi connectivity index (χ1) is 15.8. The largest absolute Gasteiger partial charge is 0.442 e. The fraction of sp³-hybridized carbons (Fsp3) is 0.435. The van der Waals surface area contributed by atoms with Crippen LogP contribution in [0.15, 0.2) is 36.9 Å². The molecule has 0 bridgehead atoms. The summed E-state index contributed by atoms with van der Waals surface area (Å²) in [4.78, 5) is 30.5. The van der Waals surface area contributed by atoms with Crippen LogP contribution < -0.4 is 5.48 Å². The number of hydrogen-bond donors (Lipinski definition) is 1. The molecule has 2 saturated heterocycles. The number of nitrogens with zero attached hydrogens (tertiary/aromatic N) is 5. The minimum absolute atomic E-state index is 0.181. The van der Waals surface area contributed by atoms with E-state index in [1.165, 1.54) is 11.3 Å². The lowest BCUT2D eigenvalue weighted by Crippen LogP contribution is -2.35. The Morgan fingerprint density at radius 1 is 1.06 bits per heavy atom. The van der Waals surface area contributed by atoms with Gasteiger partial charge in [0.15, 0.2) is 0 Å². The smallest absolute Gasteiger partial charge is 0.435 e. The van der Waals surface area contributed by atoms with Gasteiger partial charge in [0.05, 0.1) is 36.4 Å². The molecule has 2 aromatic rings. The molecule has 2 aliphatic rings. The molecule has 1 N–H and O–H groups in total. The van der Waals surface area contributed by atoms with Crippen molar-refractivity contribution in [3.63, 3.8) is 0 Å². The van der Waals surface area contributed by atoms with Crippen molar-refractivity contribution in [2.24, 2.45) is 0 Å². The third kappa shape index (κ3) is 6.70. The number of nitrogens with one attached hydrogen (secondary N) is 1. The van der Waals surface area contributed by atoms with Crippen LogP contribution in [-0.4, -0.2) is 39.9 Å². The highest BCUT2D eigenvalue weighted by atomic mass is 16.7. The molecular weight excluding hydrogens is 424 g/mol. The number of nitriles is 2. The van der Waals surface area contributed by atoms with Crippen molar-refractivity contribution >= 4 is 6.09 Å². The molecule has 2 aliphatic heterocycles. The Balaban J connectivity index is 0.000000203. The number of carbonyl (C=O) groups excluding carboxylic acids is 1. The van der Waals surface area contributed by atoms with E-state index >= 15 is 0 Å². The molecular formula is C23H26N6O4. The van der Waals surface area contributed by atoms with Gasteiger partial charge in [-0.25, -0.2) is 4.79 Å². The molecule has 2 fully saturated rings. The molecule has 0 radical (unpaired) electrons. The molecule has 33 heavy (non-hydrogen) atoms. The minimum Gasteiger partial charge on any atom is -0.442 e. The van der Waals surface area contributed by atoms with Gasteiger partial charge in [0.2, 0.25) is 0 Å². The number of amides is 1. The normalized spacial score (nSPS) is 19.7. The standard InChI is InChI=1S/C14H17N3O3.C9H9N3O/c1-14(2,3)20-13(18)17-12(4-5-19-17)11-6-10(7-15)8-16-9-11;10-4-7-3-8(6-11-5-7)9-1-2-13-12-9/h6,8-9,12H,4-5H2,1-3H3;3,5-6,9,12H,1-2H2/t12-;9-/m00/s1. The first kappa shape index (κ1) is 24.1. The van der Waals surface area contributed by atoms with Gasteiger partial charge in [-0.05, 0) is 50.5 Å². The zero-order valence-corrected chi connectivity index (χ0v) is 18.8. The number of carbonyl (C=O) groups is 1. The van der Waals surface area contributed by atoms with Gasteiger partial charge >= 0.3 is 6.09 Å². The molecule has 0 unspecified atom stereocenters. The number of aromatic nitrogens is 2. The van der Waals surface area contributed by atoms with Crippen molar-refractivity contribution in [3.05, 3.63) is 59.2 Å². The predicted molar refractivity (Wildman–Crippen MR) is 116 cm³/mol. The predicted octanol–water partition coefficient (Wildman–Crippen LogP) is 3.49. The summed E-state index contributed by atoms with van der Waals surface area (Å²) in [6, 6.07) is 7.55. The van der Waals surface area contributed by atoms with Crippen molar-refractivity contribution in [1.29, 1.82) is 10.5 Å². The Bertz CT molecular complexity index is 1050. The van der Waals surface area contributed by atoms with Crippen LogP contribution in [0.5, 0.6) is 0 Å². The highest BCUT2D eigenvalue weighted by Crippen LogP contribution is 2.31. The molecule has 4 heterocycles. The SMILES string of the molecule is CC(C)(C)OC(=O)N1OCC[C@H]1c1cncc(C#N)c1.N#Cc1cncc([C@@H]2CCON2)c1. The number of hydrogen-bond acceptors (Lipinski definition) is 9. The molecule has 0 saturated carbocycles. The molecule has 0 aliphatic carbocycles. The average Bonchev–Trinajstić information content (AvgIpc) is 3.51. The molecule has 2 atom stereocenters. The number of ether oxygens (including phenoxy) is 1. The zero-order valence-electron chi connectivity index (χ0n) is 18.8. The third-order valence-electron chi connectivity index (χ3n) is 4.78. The van der Waals surface area contributed by atoms with Crippen LogP contribution in [0.2, 0.25) is 0 Å². The molecule has 10 heteroatoms. The first-order valence-electron chi connectivity index (χ1n) is 10.5. The summed E-state index contributed by atoms with van der Waals surface area (Å²) in [5.74, 6) is 0. The second-order valence-electron chi connectivity index (χ2n) is 8.49. The lowest BCUT2D eigenvalue weighted by atomic mass is 10.1. The summed E-state index contributed by atoms with van der Waals surface area (Å²) in [6.07, 6.45) is 7.48. The van der Waals surface area contributed by atoms with Gasteiger partial charge in [-0.3, -0.25) is 14.8 Å². The highest BCUT2D eigenvalue weighted by Gasteiger charge is 2.35. The van der Waals surface area contributed by atoms with Crippen molar-refractivity contribution in [2.75, 3.05) is 13.2 Å². The van der Waals surface area contributed by atoms with E-state index in [0.717, 1.165) is 17.5 Å². The molecule has 172 valence electrons. The monoisotopic (exact) mass is 450 g/mol. The van der Waals surface area contributed by atoms with Gasteiger partial charge in [0, 0.05) is 31.2 Å². The van der Waals surface area contributed by atoms with Crippen molar-refractivity contribution in [2.45, 2.75) is 51.3 Å². The molecule has 0 aromatic carbocycles. The van der Waals surface area contributed by atoms with E-state index in [1.807, 2.05) is 12.1 Å². The fourth-order valence-corrected chi connectivity index (χ4v) is 3.30. The highest BCUT2D eigenvalue weighted by molar-refractivity contribution is 5.67. The maximum absolute atomic E-state index is 12.1. The molecule has 0 spiro atoms. The second-order valence-corrected chi connectivity index (χ2v) is 8.49. The van der Waals surface area contributed by atoms with Gasteiger partial charge in [-0.15, -0.1) is 0 Å². The summed E-state index contributed by atoms with van der Waals surface area (Å²) in [6.45, 7) is 6.54. The van der Waals surface area contributed by atoms with E-state index in [1.54, 1.807) is 45.4 Å². The van der Waals surface area contributed by atoms with E-state index in [4.69, 9.17) is 24.9 Å². The van der Waals surface area contributed by atoms with Crippen LogP contribution >= 0.6 is 0 Å². The maximum atomic E-state index is 12.1. The zero-order chi connectivity index (χ0) is 23.8. The third-order valence-corrected chi connectivity index (χ3v) is 4.78. The van der Waals surface area contributed by atoms with Crippen molar-refractivity contribution in [1.82, 2.24) is 20.5 Å². The van der Waals surface area contributed by atoms with E-state index < -0.39 is 11.7 Å². The van der Waals surface area contributed by atoms with Gasteiger partial charge in [0.1, 0.15) is 17.7 Å². The molecule has 2 aromatic heterocycles. The molecule has 4 rings (SSSR count). The lowest BCUT2D eigenvalue weighted by Gasteiger charge is -2.27. The van der Waals surface area contributed by atoms with Crippen LogP contribution in [0, 0.1) is 22.7 Å². The van der Waals surface area contributed by atoms with Crippen LogP contribution in [0.4, 0.5) is 4.79 Å². The van der Waals surface area contributed by atoms with E-state index in [0.29, 0.717) is 30.8 Å². The minimum atomic E-state index is -0.583. The van der Waals surface area contributed by atoms with Crippen molar-refractivity contribution in [3.8, 4) is 12.1 Å². The maximum Gasteiger partial charge on any atom is 0.435 e. The summed E-state index contributed by atoms with van der Waals surface area (Å²) in [7, 11) is 0. The quantitative estimate of drug-likeness (QED) is 0.729. The van der Waals surface area contributed by atoms with E-state index in [9.17, 15) is 4.79 Å². The number of rotatable bonds is 2. The van der Waals surface area contributed by atoms with Gasteiger partial charge < -0.3 is 9.57 Å². The summed E-state index contributed by atoms with van der Waals surface area (Å²) >= 11 is 0. The van der Waals surface area contributed by atoms with Crippen LogP contribution in [0.1, 0.15) is 68.0 Å². The van der Waals surface area contributed by atoms with E-state index in [2.05, 4.69) is 21.5 Å². The Kier molecular flexibility index (Phi) is 7.91. The Hall–Kier alpha value is -3.57. The molecule has 1 amide bonds.